The van der Waals surface area contributed by atoms with E-state index in [0.29, 0.717) is 57.1 Å². The number of carbonyl (C=O) groups excluding carboxylic acids is 3. The quantitative estimate of drug-likeness (QED) is 0.253. The Morgan fingerprint density at radius 1 is 0.930 bits per heavy atom. The van der Waals surface area contributed by atoms with E-state index >= 15 is 0 Å². The second-order valence-electron chi connectivity index (χ2n) is 14.9. The van der Waals surface area contributed by atoms with Crippen LogP contribution in [0.25, 0.3) is 16.9 Å². The maximum Gasteiger partial charge on any atom is 0.416 e. The first-order chi connectivity index (χ1) is 27.5. The van der Waals surface area contributed by atoms with Crippen LogP contribution in [0.5, 0.6) is 5.88 Å². The van der Waals surface area contributed by atoms with Crippen LogP contribution >= 0.6 is 0 Å². The molecule has 300 valence electrons. The molecule has 2 aromatic heterocycles. The van der Waals surface area contributed by atoms with Crippen molar-refractivity contribution in [2.45, 2.75) is 50.6 Å². The van der Waals surface area contributed by atoms with Crippen LogP contribution in [0.2, 0.25) is 0 Å². The molecule has 17 heteroatoms. The molecular weight excluding hydrogens is 750 g/mol. The van der Waals surface area contributed by atoms with Crippen LogP contribution in [0.4, 0.5) is 17.6 Å². The van der Waals surface area contributed by atoms with Crippen LogP contribution in [0.1, 0.15) is 47.3 Å². The van der Waals surface area contributed by atoms with Crippen LogP contribution in [-0.4, -0.2) is 117 Å². The molecule has 0 spiro atoms. The highest BCUT2D eigenvalue weighted by Gasteiger charge is 2.44. The second-order valence-corrected chi connectivity index (χ2v) is 14.9. The zero-order chi connectivity index (χ0) is 39.7. The number of alkyl halides is 3. The van der Waals surface area contributed by atoms with Gasteiger partial charge in [-0.1, -0.05) is 17.3 Å². The van der Waals surface area contributed by atoms with Gasteiger partial charge in [-0.15, -0.1) is 5.10 Å². The lowest BCUT2D eigenvalue weighted by Crippen LogP contribution is -2.52. The van der Waals surface area contributed by atoms with Crippen LogP contribution in [0.15, 0.2) is 66.9 Å². The molecule has 3 fully saturated rings. The van der Waals surface area contributed by atoms with E-state index in [1.807, 2.05) is 0 Å². The number of benzene rings is 2. The third kappa shape index (κ3) is 8.63. The van der Waals surface area contributed by atoms with Gasteiger partial charge in [-0.05, 0) is 67.1 Å². The molecule has 4 aliphatic rings. The predicted octanol–water partition coefficient (Wildman–Crippen LogP) is 4.78. The molecule has 0 aliphatic carbocycles. The van der Waals surface area contributed by atoms with E-state index in [-0.39, 0.29) is 91.3 Å². The summed E-state index contributed by atoms with van der Waals surface area (Å²) >= 11 is 0. The van der Waals surface area contributed by atoms with E-state index in [4.69, 9.17) is 14.2 Å². The van der Waals surface area contributed by atoms with Gasteiger partial charge in [0.2, 0.25) is 17.7 Å². The van der Waals surface area contributed by atoms with Crippen molar-refractivity contribution < 1.29 is 46.2 Å². The minimum atomic E-state index is -4.69. The number of aromatic nitrogens is 4. The van der Waals surface area contributed by atoms with Crippen molar-refractivity contribution in [2.24, 2.45) is 11.8 Å². The maximum atomic E-state index is 14.5. The lowest BCUT2D eigenvalue weighted by molar-refractivity contribution is -0.140. The average molecular weight is 792 g/mol. The van der Waals surface area contributed by atoms with Gasteiger partial charge in [0.25, 0.3) is 5.91 Å². The van der Waals surface area contributed by atoms with Crippen LogP contribution in [-0.2, 0) is 31.8 Å². The van der Waals surface area contributed by atoms with Gasteiger partial charge in [0.15, 0.2) is 0 Å². The molecule has 2 aromatic carbocycles. The first-order valence-electron chi connectivity index (χ1n) is 19.0. The summed E-state index contributed by atoms with van der Waals surface area (Å²) in [7, 11) is 0. The summed E-state index contributed by atoms with van der Waals surface area (Å²) in [5.41, 5.74) is 0.554. The molecule has 0 unspecified atom stereocenters. The molecule has 3 saturated heterocycles. The number of hydrogen-bond donors (Lipinski definition) is 0. The molecule has 8 rings (SSSR count). The molecule has 4 aliphatic heterocycles. The molecule has 6 bridgehead atoms. The first kappa shape index (κ1) is 38.5. The summed E-state index contributed by atoms with van der Waals surface area (Å²) in [5, 5.41) is 8.28. The number of ether oxygens (including phenoxy) is 3. The average Bonchev–Trinajstić information content (AvgIpc) is 3.88. The Bertz CT molecular complexity index is 2110. The smallest absolute Gasteiger partial charge is 0.416 e. The van der Waals surface area contributed by atoms with E-state index in [1.54, 1.807) is 46.3 Å². The molecule has 0 N–H and O–H groups in total. The summed E-state index contributed by atoms with van der Waals surface area (Å²) in [6.07, 6.45) is -2.29. The van der Waals surface area contributed by atoms with Gasteiger partial charge in [0.1, 0.15) is 17.6 Å². The Morgan fingerprint density at radius 2 is 1.72 bits per heavy atom. The van der Waals surface area contributed by atoms with E-state index < -0.39 is 29.8 Å². The van der Waals surface area contributed by atoms with Crippen molar-refractivity contribution in [3.8, 4) is 22.8 Å². The highest BCUT2D eigenvalue weighted by Crippen LogP contribution is 2.36. The van der Waals surface area contributed by atoms with Gasteiger partial charge in [-0.2, -0.15) is 13.2 Å². The summed E-state index contributed by atoms with van der Waals surface area (Å²) in [4.78, 5) is 51.7. The maximum absolute atomic E-state index is 14.5. The third-order valence-corrected chi connectivity index (χ3v) is 11.2. The number of pyridine rings is 1. The third-order valence-electron chi connectivity index (χ3n) is 11.2. The number of hydrogen-bond acceptors (Lipinski definition) is 9. The van der Waals surface area contributed by atoms with E-state index in [1.165, 1.54) is 27.8 Å². The van der Waals surface area contributed by atoms with Crippen molar-refractivity contribution in [1.82, 2.24) is 34.7 Å². The highest BCUT2D eigenvalue weighted by atomic mass is 19.4. The Morgan fingerprint density at radius 3 is 2.51 bits per heavy atom. The SMILES string of the molecule is O=C(C[C@@H]1CCN2C[C@@H]1CCOc1cc(C(F)(F)F)cc(n1)-c1cccc(c1)C(=O)N1C[C@H](OCc3cn(-c4ccc(F)cc4)nn3)C[C@H]1C2=O)N1CCOCC1. The van der Waals surface area contributed by atoms with E-state index in [9.17, 15) is 31.9 Å². The van der Waals surface area contributed by atoms with Gasteiger partial charge in [0, 0.05) is 62.8 Å². The minimum Gasteiger partial charge on any atom is -0.478 e. The largest absolute Gasteiger partial charge is 0.478 e. The molecule has 4 aromatic rings. The van der Waals surface area contributed by atoms with Crippen molar-refractivity contribution in [3.05, 3.63) is 89.5 Å². The number of amides is 3. The van der Waals surface area contributed by atoms with Gasteiger partial charge >= 0.3 is 6.18 Å². The van der Waals surface area contributed by atoms with Gasteiger partial charge in [-0.25, -0.2) is 14.1 Å². The standard InChI is InChI=1S/C40H41F4N7O6/c41-30-4-6-32(7-5-30)51-22-31(46-47-51)24-57-33-20-35-39(54)49-10-8-25(17-37(52)48-11-14-55-15-12-48)28(21-49)9-13-56-36-19-29(40(42,43)44)18-34(45-36)26-2-1-3-27(16-26)38(53)50(35)23-33/h1-7,16,18-19,22,25,28,33,35H,8-15,17,20-21,23-24H2/t25-,28-,33+,35-/m0/s1. The summed E-state index contributed by atoms with van der Waals surface area (Å²) in [6.45, 7) is 2.66. The predicted molar refractivity (Wildman–Crippen MR) is 194 cm³/mol. The molecule has 0 radical (unpaired) electrons. The van der Waals surface area contributed by atoms with Gasteiger partial charge in [-0.3, -0.25) is 14.4 Å². The van der Waals surface area contributed by atoms with Crippen molar-refractivity contribution in [3.63, 3.8) is 0 Å². The fourth-order valence-electron chi connectivity index (χ4n) is 8.10. The Balaban J connectivity index is 1.08. The summed E-state index contributed by atoms with van der Waals surface area (Å²) in [6, 6.07) is 12.8. The number of nitrogens with zero attached hydrogens (tertiary/aromatic N) is 7. The molecule has 0 saturated carbocycles. The summed E-state index contributed by atoms with van der Waals surface area (Å²) < 4.78 is 74.9. The highest BCUT2D eigenvalue weighted by molar-refractivity contribution is 5.99. The molecule has 6 heterocycles. The fraction of sp³-hybridized carbons (Fsp3) is 0.450. The Kier molecular flexibility index (Phi) is 10.9. The van der Waals surface area contributed by atoms with Crippen LogP contribution < -0.4 is 4.74 Å². The lowest BCUT2D eigenvalue weighted by atomic mass is 9.80. The number of rotatable bonds is 6. The molecule has 4 atom stereocenters. The lowest BCUT2D eigenvalue weighted by Gasteiger charge is -2.41. The normalized spacial score (nSPS) is 23.0. The Labute approximate surface area is 325 Å². The molecule has 3 amide bonds. The summed E-state index contributed by atoms with van der Waals surface area (Å²) in [5.74, 6) is -1.67. The Hall–Kier alpha value is -5.42. The van der Waals surface area contributed by atoms with E-state index in [0.717, 1.165) is 12.1 Å². The monoisotopic (exact) mass is 791 g/mol. The van der Waals surface area contributed by atoms with Gasteiger partial charge in [0.05, 0.1) is 55.7 Å². The fourth-order valence-corrected chi connectivity index (χ4v) is 8.10. The van der Waals surface area contributed by atoms with Gasteiger partial charge < -0.3 is 28.9 Å². The number of halogens is 4. The van der Waals surface area contributed by atoms with Crippen molar-refractivity contribution in [1.29, 1.82) is 0 Å². The topological polar surface area (TPSA) is 132 Å². The molecule has 57 heavy (non-hydrogen) atoms. The molecular formula is C40H41F4N7O6. The number of carbonyl (C=O) groups is 3. The zero-order valence-electron chi connectivity index (χ0n) is 30.9. The minimum absolute atomic E-state index is 0.00766. The van der Waals surface area contributed by atoms with Crippen molar-refractivity contribution >= 4 is 17.7 Å². The molecule has 13 nitrogen and oxygen atoms in total. The second kappa shape index (κ2) is 16.2. The van der Waals surface area contributed by atoms with Crippen molar-refractivity contribution in [2.75, 3.05) is 52.5 Å². The number of morpholine rings is 1. The number of fused-ring (bicyclic) bond motifs is 8. The van der Waals surface area contributed by atoms with E-state index in [2.05, 4.69) is 15.3 Å². The zero-order valence-corrected chi connectivity index (χ0v) is 30.9. The van der Waals surface area contributed by atoms with Crippen LogP contribution in [0.3, 0.4) is 0 Å². The first-order valence-corrected chi connectivity index (χ1v) is 19.0. The van der Waals surface area contributed by atoms with Crippen LogP contribution in [0, 0.1) is 17.7 Å². The number of piperidine rings is 1.